The molecule has 0 aliphatic carbocycles. The van der Waals surface area contributed by atoms with E-state index in [0.29, 0.717) is 11.6 Å². The van der Waals surface area contributed by atoms with Crippen LogP contribution >= 0.6 is 23.4 Å². The molecule has 0 bridgehead atoms. The molecule has 1 aromatic carbocycles. The average molecular weight is 328 g/mol. The molecule has 0 amide bonds. The molecule has 0 unspecified atom stereocenters. The predicted octanol–water partition coefficient (Wildman–Crippen LogP) is 2.14. The van der Waals surface area contributed by atoms with Crippen LogP contribution in [0.15, 0.2) is 23.4 Å². The van der Waals surface area contributed by atoms with Gasteiger partial charge in [0.2, 0.25) is 5.16 Å². The Morgan fingerprint density at radius 1 is 1.43 bits per heavy atom. The van der Waals surface area contributed by atoms with E-state index in [0.717, 1.165) is 35.3 Å². The third-order valence-corrected chi connectivity index (χ3v) is 4.02. The fourth-order valence-corrected chi connectivity index (χ4v) is 2.72. The van der Waals surface area contributed by atoms with E-state index in [1.165, 1.54) is 0 Å². The minimum absolute atomic E-state index is 0.617. The Hall–Kier alpha value is -1.31. The first kappa shape index (κ1) is 16.1. The van der Waals surface area contributed by atoms with Gasteiger partial charge in [-0.05, 0) is 35.0 Å². The monoisotopic (exact) mass is 327 g/mol. The van der Waals surface area contributed by atoms with E-state index in [-0.39, 0.29) is 0 Å². The number of hydrogen-bond acceptors (Lipinski definition) is 6. The summed E-state index contributed by atoms with van der Waals surface area (Å²) in [5.41, 5.74) is 1.13. The zero-order valence-electron chi connectivity index (χ0n) is 12.0. The number of ether oxygens (including phenoxy) is 1. The summed E-state index contributed by atoms with van der Waals surface area (Å²) in [7, 11) is 1.83. The lowest BCUT2D eigenvalue weighted by Crippen LogP contribution is -2.16. The fourth-order valence-electron chi connectivity index (χ4n) is 1.72. The van der Waals surface area contributed by atoms with Crippen molar-refractivity contribution in [1.29, 1.82) is 0 Å². The van der Waals surface area contributed by atoms with Crippen LogP contribution in [-0.2, 0) is 13.6 Å². The Morgan fingerprint density at radius 2 is 2.29 bits per heavy atom. The van der Waals surface area contributed by atoms with E-state index in [9.17, 15) is 0 Å². The largest absolute Gasteiger partial charge is 0.492 e. The van der Waals surface area contributed by atoms with Crippen molar-refractivity contribution >= 4 is 23.4 Å². The van der Waals surface area contributed by atoms with Gasteiger partial charge in [-0.25, -0.2) is 4.68 Å². The molecule has 0 aliphatic rings. The topological polar surface area (TPSA) is 64.9 Å². The zero-order valence-corrected chi connectivity index (χ0v) is 13.6. The summed E-state index contributed by atoms with van der Waals surface area (Å²) in [6.07, 6.45) is 0. The second-order valence-corrected chi connectivity index (χ2v) is 5.78. The van der Waals surface area contributed by atoms with Crippen LogP contribution in [0.5, 0.6) is 5.75 Å². The number of thioether (sulfide) groups is 1. The van der Waals surface area contributed by atoms with E-state index < -0.39 is 0 Å². The van der Waals surface area contributed by atoms with Gasteiger partial charge in [0.05, 0.1) is 11.6 Å². The number of nitrogens with one attached hydrogen (secondary N) is 1. The van der Waals surface area contributed by atoms with E-state index in [1.807, 2.05) is 32.2 Å². The van der Waals surface area contributed by atoms with Crippen LogP contribution in [0.25, 0.3) is 0 Å². The van der Waals surface area contributed by atoms with Gasteiger partial charge in [-0.2, -0.15) is 0 Å². The van der Waals surface area contributed by atoms with Crippen molar-refractivity contribution in [3.63, 3.8) is 0 Å². The third-order valence-electron chi connectivity index (χ3n) is 2.72. The Morgan fingerprint density at radius 3 is 2.95 bits per heavy atom. The third kappa shape index (κ3) is 4.87. The minimum Gasteiger partial charge on any atom is -0.492 e. The molecule has 21 heavy (non-hydrogen) atoms. The van der Waals surface area contributed by atoms with Gasteiger partial charge in [0.15, 0.2) is 0 Å². The van der Waals surface area contributed by atoms with Crippen LogP contribution in [-0.4, -0.2) is 39.1 Å². The molecule has 0 atom stereocenters. The number of rotatable bonds is 8. The molecule has 114 valence electrons. The van der Waals surface area contributed by atoms with Crippen molar-refractivity contribution in [3.8, 4) is 5.75 Å². The molecule has 0 radical (unpaired) electrons. The zero-order chi connectivity index (χ0) is 15.1. The highest BCUT2D eigenvalue weighted by Crippen LogP contribution is 2.25. The van der Waals surface area contributed by atoms with Crippen LogP contribution in [0.3, 0.4) is 0 Å². The normalized spacial score (nSPS) is 10.8. The summed E-state index contributed by atoms with van der Waals surface area (Å²) >= 11 is 7.77. The van der Waals surface area contributed by atoms with Crippen LogP contribution in [0.1, 0.15) is 12.5 Å². The van der Waals surface area contributed by atoms with Gasteiger partial charge in [0.1, 0.15) is 5.75 Å². The molecule has 0 saturated heterocycles. The molecule has 1 N–H and O–H groups in total. The molecular weight excluding hydrogens is 310 g/mol. The molecule has 2 rings (SSSR count). The number of halogens is 1. The predicted molar refractivity (Wildman–Crippen MR) is 83.8 cm³/mol. The second-order valence-electron chi connectivity index (χ2n) is 4.31. The Kier molecular flexibility index (Phi) is 6.28. The maximum Gasteiger partial charge on any atom is 0.209 e. The average Bonchev–Trinajstić information content (AvgIpc) is 2.87. The maximum absolute atomic E-state index is 6.15. The first-order valence-corrected chi connectivity index (χ1v) is 8.04. The number of aromatic nitrogens is 4. The summed E-state index contributed by atoms with van der Waals surface area (Å²) in [6.45, 7) is 4.19. The lowest BCUT2D eigenvalue weighted by atomic mass is 10.2. The van der Waals surface area contributed by atoms with Crippen molar-refractivity contribution in [3.05, 3.63) is 28.8 Å². The van der Waals surface area contributed by atoms with Gasteiger partial charge < -0.3 is 10.1 Å². The maximum atomic E-state index is 6.15. The first-order chi connectivity index (χ1) is 10.2. The lowest BCUT2D eigenvalue weighted by Gasteiger charge is -2.08. The molecule has 0 saturated carbocycles. The van der Waals surface area contributed by atoms with E-state index in [1.54, 1.807) is 16.4 Å². The molecule has 2 aromatic rings. The van der Waals surface area contributed by atoms with Crippen molar-refractivity contribution in [2.45, 2.75) is 18.6 Å². The molecule has 0 spiro atoms. The molecular formula is C13H18ClN5OS. The van der Waals surface area contributed by atoms with Crippen LogP contribution in [0.2, 0.25) is 5.02 Å². The van der Waals surface area contributed by atoms with Crippen LogP contribution in [0, 0.1) is 0 Å². The Bertz CT molecular complexity index is 577. The van der Waals surface area contributed by atoms with E-state index in [2.05, 4.69) is 20.8 Å². The SMILES string of the molecule is CCOc1ccc(CNCCSc2nnnn2C)cc1Cl. The number of hydrogen-bond donors (Lipinski definition) is 1. The standard InChI is InChI=1S/C13H18ClN5OS/c1-3-20-12-5-4-10(8-11(12)14)9-15-6-7-21-13-16-17-18-19(13)2/h4-5,8,15H,3,6-7,9H2,1-2H3. The second kappa shape index (κ2) is 8.21. The first-order valence-electron chi connectivity index (χ1n) is 6.67. The Labute approximate surface area is 133 Å². The van der Waals surface area contributed by atoms with Crippen LogP contribution in [0.4, 0.5) is 0 Å². The van der Waals surface area contributed by atoms with Crippen molar-refractivity contribution < 1.29 is 4.74 Å². The highest BCUT2D eigenvalue weighted by atomic mass is 35.5. The van der Waals surface area contributed by atoms with Crippen LogP contribution < -0.4 is 10.1 Å². The smallest absolute Gasteiger partial charge is 0.209 e. The van der Waals surface area contributed by atoms with Gasteiger partial charge in [-0.1, -0.05) is 29.4 Å². The van der Waals surface area contributed by atoms with E-state index >= 15 is 0 Å². The lowest BCUT2D eigenvalue weighted by molar-refractivity contribution is 0.340. The number of tetrazole rings is 1. The highest BCUT2D eigenvalue weighted by Gasteiger charge is 2.04. The fraction of sp³-hybridized carbons (Fsp3) is 0.462. The summed E-state index contributed by atoms with van der Waals surface area (Å²) < 4.78 is 7.07. The number of nitrogens with zero attached hydrogens (tertiary/aromatic N) is 4. The van der Waals surface area contributed by atoms with Gasteiger partial charge in [0.25, 0.3) is 0 Å². The number of aryl methyl sites for hydroxylation is 1. The van der Waals surface area contributed by atoms with Gasteiger partial charge in [0, 0.05) is 25.9 Å². The van der Waals surface area contributed by atoms with E-state index in [4.69, 9.17) is 16.3 Å². The summed E-state index contributed by atoms with van der Waals surface area (Å²) in [6, 6.07) is 5.85. The highest BCUT2D eigenvalue weighted by molar-refractivity contribution is 7.99. The quantitative estimate of drug-likeness (QED) is 0.592. The van der Waals surface area contributed by atoms with Crippen molar-refractivity contribution in [1.82, 2.24) is 25.5 Å². The molecule has 1 heterocycles. The molecule has 8 heteroatoms. The van der Waals surface area contributed by atoms with Gasteiger partial charge >= 0.3 is 0 Å². The van der Waals surface area contributed by atoms with Gasteiger partial charge in [-0.15, -0.1) is 5.10 Å². The summed E-state index contributed by atoms with van der Waals surface area (Å²) in [5.74, 6) is 1.63. The van der Waals surface area contributed by atoms with Crippen molar-refractivity contribution in [2.75, 3.05) is 18.9 Å². The minimum atomic E-state index is 0.617. The molecule has 6 nitrogen and oxygen atoms in total. The molecule has 0 fully saturated rings. The Balaban J connectivity index is 1.71. The van der Waals surface area contributed by atoms with Crippen molar-refractivity contribution in [2.24, 2.45) is 7.05 Å². The van der Waals surface area contributed by atoms with Gasteiger partial charge in [-0.3, -0.25) is 0 Å². The number of benzene rings is 1. The summed E-state index contributed by atoms with van der Waals surface area (Å²) in [5, 5.41) is 16.1. The summed E-state index contributed by atoms with van der Waals surface area (Å²) in [4.78, 5) is 0. The molecule has 0 aliphatic heterocycles. The molecule has 1 aromatic heterocycles.